The van der Waals surface area contributed by atoms with Crippen LogP contribution in [0.3, 0.4) is 0 Å². The van der Waals surface area contributed by atoms with Crippen molar-refractivity contribution in [1.82, 2.24) is 18.8 Å². The molecule has 0 aliphatic carbocycles. The van der Waals surface area contributed by atoms with E-state index in [1.807, 2.05) is 0 Å². The standard InChI is InChI=1S/C15H20N4O5S2/c1-25(21,22)15-16-12-5-3-4-6-13(12)19(15)11-14(20)17-7-9-18(10-8-17)26(2,23)24/h3-6H,7-11H2,1-2H3. The maximum absolute atomic E-state index is 12.7. The Morgan fingerprint density at radius 3 is 2.23 bits per heavy atom. The molecular formula is C15H20N4O5S2. The van der Waals surface area contributed by atoms with Crippen LogP contribution in [0.5, 0.6) is 0 Å². The van der Waals surface area contributed by atoms with E-state index in [0.29, 0.717) is 11.0 Å². The molecular weight excluding hydrogens is 380 g/mol. The van der Waals surface area contributed by atoms with E-state index >= 15 is 0 Å². The van der Waals surface area contributed by atoms with Crippen molar-refractivity contribution in [2.75, 3.05) is 38.7 Å². The summed E-state index contributed by atoms with van der Waals surface area (Å²) in [5.74, 6) is -0.272. The van der Waals surface area contributed by atoms with Crippen LogP contribution in [0.4, 0.5) is 0 Å². The van der Waals surface area contributed by atoms with Crippen molar-refractivity contribution < 1.29 is 21.6 Å². The predicted octanol–water partition coefficient (Wildman–Crippen LogP) is -0.456. The second-order valence-electron chi connectivity index (χ2n) is 6.28. The highest BCUT2D eigenvalue weighted by Gasteiger charge is 2.28. The van der Waals surface area contributed by atoms with Crippen molar-refractivity contribution in [2.24, 2.45) is 0 Å². The molecule has 1 aromatic heterocycles. The van der Waals surface area contributed by atoms with E-state index in [4.69, 9.17) is 0 Å². The van der Waals surface area contributed by atoms with Crippen LogP contribution >= 0.6 is 0 Å². The van der Waals surface area contributed by atoms with Crippen LogP contribution in [0.2, 0.25) is 0 Å². The zero-order valence-corrected chi connectivity index (χ0v) is 16.1. The number of rotatable bonds is 4. The minimum atomic E-state index is -3.61. The van der Waals surface area contributed by atoms with Gasteiger partial charge in [-0.15, -0.1) is 0 Å². The molecule has 26 heavy (non-hydrogen) atoms. The summed E-state index contributed by atoms with van der Waals surface area (Å²) in [6, 6.07) is 6.90. The lowest BCUT2D eigenvalue weighted by molar-refractivity contribution is -0.133. The Labute approximate surface area is 152 Å². The molecule has 0 saturated carbocycles. The molecule has 1 fully saturated rings. The Morgan fingerprint density at radius 2 is 1.65 bits per heavy atom. The van der Waals surface area contributed by atoms with Gasteiger partial charge in [0.1, 0.15) is 6.54 Å². The minimum Gasteiger partial charge on any atom is -0.339 e. The van der Waals surface area contributed by atoms with Crippen molar-refractivity contribution >= 4 is 36.8 Å². The van der Waals surface area contributed by atoms with Crippen LogP contribution in [0, 0.1) is 0 Å². The number of sulfonamides is 1. The monoisotopic (exact) mass is 400 g/mol. The fourth-order valence-electron chi connectivity index (χ4n) is 2.99. The number of fused-ring (bicyclic) bond motifs is 1. The molecule has 0 N–H and O–H groups in total. The molecule has 11 heteroatoms. The quantitative estimate of drug-likeness (QED) is 0.687. The van der Waals surface area contributed by atoms with Gasteiger partial charge in [0.2, 0.25) is 30.9 Å². The average molecular weight is 400 g/mol. The number of nitrogens with zero attached hydrogens (tertiary/aromatic N) is 4. The largest absolute Gasteiger partial charge is 0.339 e. The van der Waals surface area contributed by atoms with Gasteiger partial charge in [0.25, 0.3) is 0 Å². The van der Waals surface area contributed by atoms with E-state index < -0.39 is 19.9 Å². The molecule has 0 unspecified atom stereocenters. The number of amides is 1. The van der Waals surface area contributed by atoms with Gasteiger partial charge in [-0.05, 0) is 12.1 Å². The van der Waals surface area contributed by atoms with Crippen LogP contribution in [-0.2, 0) is 31.2 Å². The number of piperazine rings is 1. The molecule has 2 aromatic rings. The fraction of sp³-hybridized carbons (Fsp3) is 0.467. The number of imidazole rings is 1. The van der Waals surface area contributed by atoms with E-state index in [1.165, 1.54) is 8.87 Å². The average Bonchev–Trinajstić information content (AvgIpc) is 2.93. The third-order valence-electron chi connectivity index (χ3n) is 4.30. The number of carbonyl (C=O) groups is 1. The molecule has 1 aliphatic rings. The summed E-state index contributed by atoms with van der Waals surface area (Å²) in [5, 5.41) is -0.151. The van der Waals surface area contributed by atoms with Crippen molar-refractivity contribution in [3.05, 3.63) is 24.3 Å². The van der Waals surface area contributed by atoms with Crippen LogP contribution in [0.15, 0.2) is 29.4 Å². The molecule has 9 nitrogen and oxygen atoms in total. The second-order valence-corrected chi connectivity index (χ2v) is 10.2. The van der Waals surface area contributed by atoms with Gasteiger partial charge in [0.15, 0.2) is 0 Å². The molecule has 1 amide bonds. The molecule has 0 atom stereocenters. The number of hydrogen-bond acceptors (Lipinski definition) is 6. The lowest BCUT2D eigenvalue weighted by atomic mass is 10.3. The molecule has 3 rings (SSSR count). The first-order valence-electron chi connectivity index (χ1n) is 7.95. The Bertz CT molecular complexity index is 1050. The number of sulfone groups is 1. The predicted molar refractivity (Wildman–Crippen MR) is 95.8 cm³/mol. The molecule has 142 valence electrons. The smallest absolute Gasteiger partial charge is 0.242 e. The number of aromatic nitrogens is 2. The lowest BCUT2D eigenvalue weighted by Gasteiger charge is -2.33. The first kappa shape index (κ1) is 18.8. The zero-order chi connectivity index (χ0) is 19.1. The van der Waals surface area contributed by atoms with Gasteiger partial charge in [-0.25, -0.2) is 21.8 Å². The van der Waals surface area contributed by atoms with Gasteiger partial charge in [-0.2, -0.15) is 4.31 Å². The normalized spacial score (nSPS) is 16.9. The lowest BCUT2D eigenvalue weighted by Crippen LogP contribution is -2.51. The number of benzene rings is 1. The van der Waals surface area contributed by atoms with E-state index in [9.17, 15) is 21.6 Å². The Balaban J connectivity index is 1.84. The van der Waals surface area contributed by atoms with Gasteiger partial charge in [0.05, 0.1) is 17.3 Å². The van der Waals surface area contributed by atoms with E-state index in [1.54, 1.807) is 29.2 Å². The maximum atomic E-state index is 12.7. The summed E-state index contributed by atoms with van der Waals surface area (Å²) in [6.07, 6.45) is 2.20. The summed E-state index contributed by atoms with van der Waals surface area (Å²) in [5.41, 5.74) is 1.07. The van der Waals surface area contributed by atoms with Crippen LogP contribution in [-0.4, -0.2) is 80.2 Å². The maximum Gasteiger partial charge on any atom is 0.242 e. The van der Waals surface area contributed by atoms with E-state index in [0.717, 1.165) is 12.5 Å². The Kier molecular flexibility index (Phi) is 4.80. The van der Waals surface area contributed by atoms with Gasteiger partial charge in [-0.1, -0.05) is 12.1 Å². The number of hydrogen-bond donors (Lipinski definition) is 0. The molecule has 2 heterocycles. The van der Waals surface area contributed by atoms with Crippen molar-refractivity contribution in [3.8, 4) is 0 Å². The van der Waals surface area contributed by atoms with Crippen LogP contribution < -0.4 is 0 Å². The molecule has 0 bridgehead atoms. The van der Waals surface area contributed by atoms with E-state index in [2.05, 4.69) is 4.98 Å². The summed E-state index contributed by atoms with van der Waals surface area (Å²) < 4.78 is 50.0. The Hall–Kier alpha value is -1.98. The van der Waals surface area contributed by atoms with Crippen molar-refractivity contribution in [2.45, 2.75) is 11.7 Å². The fourth-order valence-corrected chi connectivity index (χ4v) is 4.65. The van der Waals surface area contributed by atoms with Gasteiger partial charge in [0, 0.05) is 32.4 Å². The highest BCUT2D eigenvalue weighted by molar-refractivity contribution is 7.90. The molecule has 0 spiro atoms. The van der Waals surface area contributed by atoms with Crippen LogP contribution in [0.25, 0.3) is 11.0 Å². The zero-order valence-electron chi connectivity index (χ0n) is 14.5. The summed E-state index contributed by atoms with van der Waals surface area (Å²) in [6.45, 7) is 0.837. The first-order valence-corrected chi connectivity index (χ1v) is 11.7. The van der Waals surface area contributed by atoms with Gasteiger partial charge in [-0.3, -0.25) is 4.79 Å². The number of para-hydroxylation sites is 2. The summed E-state index contributed by atoms with van der Waals surface area (Å²) in [7, 11) is -6.89. The third kappa shape index (κ3) is 3.74. The van der Waals surface area contributed by atoms with E-state index in [-0.39, 0.29) is 43.8 Å². The minimum absolute atomic E-state index is 0.151. The highest BCUT2D eigenvalue weighted by atomic mass is 32.2. The third-order valence-corrected chi connectivity index (χ3v) is 6.58. The molecule has 1 aromatic carbocycles. The molecule has 1 saturated heterocycles. The molecule has 1 aliphatic heterocycles. The second kappa shape index (κ2) is 6.63. The van der Waals surface area contributed by atoms with Crippen molar-refractivity contribution in [3.63, 3.8) is 0 Å². The number of carbonyl (C=O) groups excluding carboxylic acids is 1. The summed E-state index contributed by atoms with van der Waals surface area (Å²) in [4.78, 5) is 18.3. The van der Waals surface area contributed by atoms with Gasteiger partial charge >= 0.3 is 0 Å². The highest BCUT2D eigenvalue weighted by Crippen LogP contribution is 2.20. The summed E-state index contributed by atoms with van der Waals surface area (Å²) >= 11 is 0. The SMILES string of the molecule is CS(=O)(=O)c1nc2ccccc2n1CC(=O)N1CCN(S(C)(=O)=O)CC1. The first-order chi connectivity index (χ1) is 12.1. The topological polar surface area (TPSA) is 110 Å². The van der Waals surface area contributed by atoms with Crippen molar-refractivity contribution in [1.29, 1.82) is 0 Å². The molecule has 0 radical (unpaired) electrons. The Morgan fingerprint density at radius 1 is 1.04 bits per heavy atom. The van der Waals surface area contributed by atoms with Crippen LogP contribution in [0.1, 0.15) is 0 Å². The van der Waals surface area contributed by atoms with Gasteiger partial charge < -0.3 is 9.47 Å².